The van der Waals surface area contributed by atoms with Crippen LogP contribution in [-0.4, -0.2) is 28.8 Å². The Hall–Kier alpha value is -2.63. The molecule has 0 saturated heterocycles. The first-order valence-corrected chi connectivity index (χ1v) is 12.7. The van der Waals surface area contributed by atoms with Crippen molar-refractivity contribution in [2.45, 2.75) is 51.7 Å². The quantitative estimate of drug-likeness (QED) is 0.332. The fraction of sp³-hybridized carbons (Fsp3) is 0.286. The minimum absolute atomic E-state index is 0.0184. The summed E-state index contributed by atoms with van der Waals surface area (Å²) < 4.78 is 0.929. The molecule has 4 nitrogen and oxygen atoms in total. The van der Waals surface area contributed by atoms with Crippen LogP contribution in [0, 0.1) is 0 Å². The van der Waals surface area contributed by atoms with Gasteiger partial charge in [-0.3, -0.25) is 9.59 Å². The molecule has 0 aliphatic carbocycles. The van der Waals surface area contributed by atoms with Crippen molar-refractivity contribution >= 4 is 39.3 Å². The Balaban J connectivity index is 1.96. The third kappa shape index (κ3) is 7.71. The van der Waals surface area contributed by atoms with Crippen LogP contribution >= 0.6 is 27.5 Å². The van der Waals surface area contributed by atoms with Gasteiger partial charge < -0.3 is 10.2 Å². The molecule has 0 heterocycles. The van der Waals surface area contributed by atoms with Gasteiger partial charge in [-0.15, -0.1) is 0 Å². The van der Waals surface area contributed by atoms with E-state index in [2.05, 4.69) is 21.2 Å². The Morgan fingerprint density at radius 3 is 2.26 bits per heavy atom. The summed E-state index contributed by atoms with van der Waals surface area (Å²) >= 11 is 9.54. The monoisotopic (exact) mass is 540 g/mol. The van der Waals surface area contributed by atoms with E-state index in [1.54, 1.807) is 17.0 Å². The zero-order valence-electron chi connectivity index (χ0n) is 19.5. The van der Waals surface area contributed by atoms with Crippen LogP contribution in [0.1, 0.15) is 37.0 Å². The van der Waals surface area contributed by atoms with E-state index < -0.39 is 6.04 Å². The van der Waals surface area contributed by atoms with E-state index in [0.29, 0.717) is 18.0 Å². The molecule has 178 valence electrons. The van der Waals surface area contributed by atoms with E-state index in [9.17, 15) is 9.59 Å². The lowest BCUT2D eigenvalue weighted by atomic mass is 10.0. The van der Waals surface area contributed by atoms with Crippen molar-refractivity contribution in [3.8, 4) is 0 Å². The second-order valence-electron chi connectivity index (χ2n) is 8.48. The zero-order valence-corrected chi connectivity index (χ0v) is 21.9. The predicted octanol–water partition coefficient (Wildman–Crippen LogP) is 6.20. The van der Waals surface area contributed by atoms with Gasteiger partial charge in [-0.25, -0.2) is 0 Å². The van der Waals surface area contributed by atoms with Crippen molar-refractivity contribution < 1.29 is 9.59 Å². The molecule has 0 bridgehead atoms. The summed E-state index contributed by atoms with van der Waals surface area (Å²) in [6.45, 7) is 4.34. The molecule has 0 fully saturated rings. The lowest BCUT2D eigenvalue weighted by Crippen LogP contribution is -2.52. The zero-order chi connectivity index (χ0) is 24.5. The van der Waals surface area contributed by atoms with Crippen LogP contribution < -0.4 is 5.32 Å². The average Bonchev–Trinajstić information content (AvgIpc) is 2.83. The first kappa shape index (κ1) is 26.0. The maximum atomic E-state index is 13.7. The SMILES string of the molecule is CC[C@@H](C)NC(=O)[C@@H](Cc1ccccc1)N(Cc1cccc(Br)c1)C(=O)Cc1ccc(Cl)cc1. The summed E-state index contributed by atoms with van der Waals surface area (Å²) in [6, 6.07) is 24.3. The largest absolute Gasteiger partial charge is 0.352 e. The van der Waals surface area contributed by atoms with Crippen LogP contribution in [0.4, 0.5) is 0 Å². The van der Waals surface area contributed by atoms with Gasteiger partial charge in [0.2, 0.25) is 11.8 Å². The van der Waals surface area contributed by atoms with Crippen LogP contribution in [0.3, 0.4) is 0 Å². The summed E-state index contributed by atoms with van der Waals surface area (Å²) in [5.41, 5.74) is 2.81. The van der Waals surface area contributed by atoms with Gasteiger partial charge in [0.1, 0.15) is 6.04 Å². The van der Waals surface area contributed by atoms with Gasteiger partial charge in [-0.05, 0) is 54.3 Å². The van der Waals surface area contributed by atoms with Crippen LogP contribution in [0.25, 0.3) is 0 Å². The van der Waals surface area contributed by atoms with Crippen molar-refractivity contribution in [3.05, 3.63) is 105 Å². The van der Waals surface area contributed by atoms with Crippen LogP contribution in [0.15, 0.2) is 83.3 Å². The lowest BCUT2D eigenvalue weighted by molar-refractivity contribution is -0.141. The molecule has 2 amide bonds. The highest BCUT2D eigenvalue weighted by molar-refractivity contribution is 9.10. The van der Waals surface area contributed by atoms with Crippen molar-refractivity contribution in [3.63, 3.8) is 0 Å². The van der Waals surface area contributed by atoms with E-state index in [1.165, 1.54) is 0 Å². The molecule has 1 N–H and O–H groups in total. The summed E-state index contributed by atoms with van der Waals surface area (Å²) in [7, 11) is 0. The summed E-state index contributed by atoms with van der Waals surface area (Å²) in [4.78, 5) is 28.9. The predicted molar refractivity (Wildman–Crippen MR) is 142 cm³/mol. The average molecular weight is 542 g/mol. The minimum Gasteiger partial charge on any atom is -0.352 e. The van der Waals surface area contributed by atoms with Crippen molar-refractivity contribution in [2.75, 3.05) is 0 Å². The minimum atomic E-state index is -0.643. The second kappa shape index (κ2) is 12.7. The molecule has 3 rings (SSSR count). The molecule has 0 aromatic heterocycles. The lowest BCUT2D eigenvalue weighted by Gasteiger charge is -2.32. The number of nitrogens with one attached hydrogen (secondary N) is 1. The molecule has 2 atom stereocenters. The number of carbonyl (C=O) groups excluding carboxylic acids is 2. The topological polar surface area (TPSA) is 49.4 Å². The fourth-order valence-corrected chi connectivity index (χ4v) is 4.28. The molecule has 34 heavy (non-hydrogen) atoms. The molecular formula is C28H30BrClN2O2. The molecule has 3 aromatic carbocycles. The third-order valence-corrected chi connectivity index (χ3v) is 6.53. The number of hydrogen-bond acceptors (Lipinski definition) is 2. The molecule has 6 heteroatoms. The standard InChI is InChI=1S/C28H30BrClN2O2/c1-3-20(2)31-28(34)26(17-21-8-5-4-6-9-21)32(19-23-10-7-11-24(29)16-23)27(33)18-22-12-14-25(30)15-13-22/h4-16,20,26H,3,17-19H2,1-2H3,(H,31,34)/t20-,26-/m1/s1. The first-order valence-electron chi connectivity index (χ1n) is 11.5. The highest BCUT2D eigenvalue weighted by Crippen LogP contribution is 2.20. The van der Waals surface area contributed by atoms with Gasteiger partial charge in [0, 0.05) is 28.5 Å². The molecular weight excluding hydrogens is 512 g/mol. The number of nitrogens with zero attached hydrogens (tertiary/aromatic N) is 1. The normalized spacial score (nSPS) is 12.6. The van der Waals surface area contributed by atoms with Crippen LogP contribution in [-0.2, 0) is 29.0 Å². The van der Waals surface area contributed by atoms with E-state index in [1.807, 2.05) is 80.6 Å². The molecule has 0 aliphatic rings. The second-order valence-corrected chi connectivity index (χ2v) is 9.83. The van der Waals surface area contributed by atoms with Crippen molar-refractivity contribution in [2.24, 2.45) is 0 Å². The number of hydrogen-bond donors (Lipinski definition) is 1. The van der Waals surface area contributed by atoms with Crippen molar-refractivity contribution in [1.29, 1.82) is 0 Å². The fourth-order valence-electron chi connectivity index (χ4n) is 3.71. The van der Waals surface area contributed by atoms with Crippen LogP contribution in [0.2, 0.25) is 5.02 Å². The Kier molecular flexibility index (Phi) is 9.73. The van der Waals surface area contributed by atoms with Gasteiger partial charge in [0.15, 0.2) is 0 Å². The van der Waals surface area contributed by atoms with E-state index in [0.717, 1.165) is 27.6 Å². The number of halogens is 2. The number of rotatable bonds is 10. The maximum Gasteiger partial charge on any atom is 0.243 e. The molecule has 0 spiro atoms. The Morgan fingerprint density at radius 2 is 1.62 bits per heavy atom. The molecule has 0 aliphatic heterocycles. The van der Waals surface area contributed by atoms with Gasteiger partial charge in [-0.1, -0.05) is 89.1 Å². The molecule has 0 radical (unpaired) electrons. The smallest absolute Gasteiger partial charge is 0.243 e. The van der Waals surface area contributed by atoms with E-state index in [4.69, 9.17) is 11.6 Å². The van der Waals surface area contributed by atoms with Gasteiger partial charge in [0.05, 0.1) is 6.42 Å². The molecule has 3 aromatic rings. The highest BCUT2D eigenvalue weighted by Gasteiger charge is 2.31. The Morgan fingerprint density at radius 1 is 0.941 bits per heavy atom. The van der Waals surface area contributed by atoms with Gasteiger partial charge in [0.25, 0.3) is 0 Å². The first-order chi connectivity index (χ1) is 16.4. The number of carbonyl (C=O) groups is 2. The summed E-state index contributed by atoms with van der Waals surface area (Å²) in [6.07, 6.45) is 1.44. The molecule has 0 saturated carbocycles. The summed E-state index contributed by atoms with van der Waals surface area (Å²) in [5.74, 6) is -0.250. The van der Waals surface area contributed by atoms with Gasteiger partial charge in [-0.2, -0.15) is 0 Å². The van der Waals surface area contributed by atoms with Gasteiger partial charge >= 0.3 is 0 Å². The van der Waals surface area contributed by atoms with Crippen molar-refractivity contribution in [1.82, 2.24) is 10.2 Å². The number of benzene rings is 3. The third-order valence-electron chi connectivity index (χ3n) is 5.78. The van der Waals surface area contributed by atoms with E-state index >= 15 is 0 Å². The number of amides is 2. The Labute approximate surface area is 215 Å². The van der Waals surface area contributed by atoms with E-state index in [-0.39, 0.29) is 24.3 Å². The van der Waals surface area contributed by atoms with Crippen LogP contribution in [0.5, 0.6) is 0 Å². The maximum absolute atomic E-state index is 13.7. The Bertz CT molecular complexity index is 1090. The summed E-state index contributed by atoms with van der Waals surface area (Å²) in [5, 5.41) is 3.72. The molecule has 0 unspecified atom stereocenters. The highest BCUT2D eigenvalue weighted by atomic mass is 79.9.